The Bertz CT molecular complexity index is 690. The van der Waals surface area contributed by atoms with Crippen molar-refractivity contribution in [2.75, 3.05) is 26.7 Å². The van der Waals surface area contributed by atoms with E-state index in [-0.39, 0.29) is 0 Å². The monoisotopic (exact) mass is 354 g/mol. The Morgan fingerprint density at radius 3 is 2.69 bits per heavy atom. The first-order chi connectivity index (χ1) is 12.8. The molecule has 2 aromatic rings. The Hall–Kier alpha value is -2.34. The minimum atomic E-state index is 0.747. The fraction of sp³-hybridized carbons (Fsp3) is 0.500. The molecule has 3 rings (SSSR count). The average molecular weight is 355 g/mol. The first kappa shape index (κ1) is 18.5. The van der Waals surface area contributed by atoms with Crippen molar-refractivity contribution in [3.05, 3.63) is 53.9 Å². The quantitative estimate of drug-likeness (QED) is 0.535. The van der Waals surface area contributed by atoms with Gasteiger partial charge in [-0.15, -0.1) is 0 Å². The largest absolute Gasteiger partial charge is 0.355 e. The Morgan fingerprint density at radius 2 is 2.04 bits per heavy atom. The topological polar surface area (TPSA) is 57.5 Å². The predicted octanol–water partition coefficient (Wildman–Crippen LogP) is 2.08. The van der Waals surface area contributed by atoms with Gasteiger partial charge in [0.2, 0.25) is 0 Å². The number of rotatable bonds is 9. The Balaban J connectivity index is 1.49. The van der Waals surface area contributed by atoms with Crippen LogP contribution >= 0.6 is 0 Å². The van der Waals surface area contributed by atoms with E-state index in [9.17, 15) is 0 Å². The summed E-state index contributed by atoms with van der Waals surface area (Å²) in [5.41, 5.74) is 2.53. The van der Waals surface area contributed by atoms with Crippen molar-refractivity contribution in [2.24, 2.45) is 4.99 Å². The van der Waals surface area contributed by atoms with Gasteiger partial charge in [0.15, 0.2) is 5.96 Å². The molecule has 1 heterocycles. The summed E-state index contributed by atoms with van der Waals surface area (Å²) in [7, 11) is 1.82. The van der Waals surface area contributed by atoms with Crippen LogP contribution < -0.4 is 10.6 Å². The maximum Gasteiger partial charge on any atom is 0.191 e. The average Bonchev–Trinajstić information content (AvgIpc) is 3.38. The first-order valence-corrected chi connectivity index (χ1v) is 9.53. The summed E-state index contributed by atoms with van der Waals surface area (Å²) < 4.78 is 1.95. The van der Waals surface area contributed by atoms with Crippen molar-refractivity contribution in [1.82, 2.24) is 25.3 Å². The molecule has 6 nitrogen and oxygen atoms in total. The number of hydrogen-bond acceptors (Lipinski definition) is 3. The summed E-state index contributed by atoms with van der Waals surface area (Å²) in [5.74, 6) is 0.853. The number of aliphatic imine (C=N–C) groups is 1. The van der Waals surface area contributed by atoms with Crippen LogP contribution in [0.2, 0.25) is 0 Å². The molecule has 0 bridgehead atoms. The van der Waals surface area contributed by atoms with Crippen LogP contribution in [0.4, 0.5) is 0 Å². The second-order valence-corrected chi connectivity index (χ2v) is 6.68. The van der Waals surface area contributed by atoms with Crippen LogP contribution in [0.1, 0.15) is 30.9 Å². The van der Waals surface area contributed by atoms with E-state index in [1.54, 1.807) is 0 Å². The summed E-state index contributed by atoms with van der Waals surface area (Å²) in [5, 5.41) is 11.2. The zero-order chi connectivity index (χ0) is 18.2. The fourth-order valence-corrected chi connectivity index (χ4v) is 3.21. The van der Waals surface area contributed by atoms with Gasteiger partial charge in [0.25, 0.3) is 0 Å². The summed E-state index contributed by atoms with van der Waals surface area (Å²) >= 11 is 0. The minimum absolute atomic E-state index is 0.747. The van der Waals surface area contributed by atoms with Crippen LogP contribution in [0.15, 0.2) is 47.7 Å². The van der Waals surface area contributed by atoms with Gasteiger partial charge in [-0.1, -0.05) is 31.2 Å². The molecule has 1 aromatic heterocycles. The molecule has 140 valence electrons. The molecule has 0 unspecified atom stereocenters. The van der Waals surface area contributed by atoms with Gasteiger partial charge < -0.3 is 10.6 Å². The smallest absolute Gasteiger partial charge is 0.191 e. The van der Waals surface area contributed by atoms with Crippen LogP contribution in [0.5, 0.6) is 0 Å². The molecule has 1 saturated carbocycles. The number of benzene rings is 1. The van der Waals surface area contributed by atoms with Crippen LogP contribution in [0.25, 0.3) is 0 Å². The van der Waals surface area contributed by atoms with Crippen LogP contribution in [0, 0.1) is 0 Å². The zero-order valence-electron chi connectivity index (χ0n) is 15.9. The van der Waals surface area contributed by atoms with Gasteiger partial charge >= 0.3 is 0 Å². The molecule has 2 N–H and O–H groups in total. The van der Waals surface area contributed by atoms with E-state index in [1.807, 2.05) is 30.2 Å². The highest BCUT2D eigenvalue weighted by molar-refractivity contribution is 5.79. The molecule has 0 spiro atoms. The molecule has 1 aliphatic rings. The number of hydrogen-bond donors (Lipinski definition) is 2. The van der Waals surface area contributed by atoms with Crippen molar-refractivity contribution < 1.29 is 0 Å². The summed E-state index contributed by atoms with van der Waals surface area (Å²) in [6.07, 6.45) is 6.51. The highest BCUT2D eigenvalue weighted by atomic mass is 15.3. The van der Waals surface area contributed by atoms with Gasteiger partial charge in [-0.25, -0.2) is 0 Å². The van der Waals surface area contributed by atoms with Crippen LogP contribution in [0.3, 0.4) is 0 Å². The van der Waals surface area contributed by atoms with E-state index >= 15 is 0 Å². The Morgan fingerprint density at radius 1 is 1.23 bits per heavy atom. The third-order valence-corrected chi connectivity index (χ3v) is 4.84. The Kier molecular flexibility index (Phi) is 6.66. The summed E-state index contributed by atoms with van der Waals surface area (Å²) in [6, 6.07) is 11.2. The van der Waals surface area contributed by atoms with Crippen molar-refractivity contribution in [1.29, 1.82) is 0 Å². The number of aromatic nitrogens is 2. The highest BCUT2D eigenvalue weighted by Crippen LogP contribution is 2.25. The lowest BCUT2D eigenvalue weighted by Gasteiger charge is -2.21. The number of nitrogens with zero attached hydrogens (tertiary/aromatic N) is 4. The van der Waals surface area contributed by atoms with E-state index in [1.165, 1.54) is 24.0 Å². The van der Waals surface area contributed by atoms with E-state index in [0.717, 1.165) is 44.7 Å². The first-order valence-electron chi connectivity index (χ1n) is 9.53. The third-order valence-electron chi connectivity index (χ3n) is 4.84. The van der Waals surface area contributed by atoms with Crippen LogP contribution in [-0.4, -0.2) is 53.4 Å². The molecule has 0 atom stereocenters. The van der Waals surface area contributed by atoms with Gasteiger partial charge in [-0.05, 0) is 36.6 Å². The molecule has 1 aromatic carbocycles. The number of likely N-dealkylation sites (N-methyl/N-ethyl adjacent to an activating group) is 1. The maximum atomic E-state index is 4.35. The van der Waals surface area contributed by atoms with Crippen molar-refractivity contribution in [3.8, 4) is 0 Å². The van der Waals surface area contributed by atoms with Gasteiger partial charge in [-0.2, -0.15) is 5.10 Å². The van der Waals surface area contributed by atoms with Gasteiger partial charge in [0.1, 0.15) is 0 Å². The lowest BCUT2D eigenvalue weighted by Crippen LogP contribution is -2.41. The molecule has 26 heavy (non-hydrogen) atoms. The lowest BCUT2D eigenvalue weighted by atomic mass is 10.1. The third kappa shape index (κ3) is 5.33. The summed E-state index contributed by atoms with van der Waals surface area (Å²) in [4.78, 5) is 6.89. The zero-order valence-corrected chi connectivity index (χ0v) is 15.9. The van der Waals surface area contributed by atoms with Crippen molar-refractivity contribution in [2.45, 2.75) is 38.9 Å². The second kappa shape index (κ2) is 9.38. The molecule has 0 amide bonds. The normalized spacial score (nSPS) is 14.7. The van der Waals surface area contributed by atoms with E-state index < -0.39 is 0 Å². The number of nitrogens with one attached hydrogen (secondary N) is 2. The van der Waals surface area contributed by atoms with Gasteiger partial charge in [0.05, 0.1) is 6.54 Å². The molecule has 1 aliphatic carbocycles. The minimum Gasteiger partial charge on any atom is -0.355 e. The summed E-state index contributed by atoms with van der Waals surface area (Å²) in [6.45, 7) is 6.87. The van der Waals surface area contributed by atoms with Gasteiger partial charge in [-0.3, -0.25) is 14.6 Å². The van der Waals surface area contributed by atoms with Crippen LogP contribution in [-0.2, 0) is 13.1 Å². The molecule has 0 aliphatic heterocycles. The molecule has 0 saturated heterocycles. The standard InChI is InChI=1S/C20H30N6/c1-3-25(19-9-10-19)14-12-22-20(21-2)23-15-17-7-4-5-8-18(17)16-26-13-6-11-24-26/h4-8,11,13,19H,3,9-10,12,14-16H2,1-2H3,(H2,21,22,23). The van der Waals surface area contributed by atoms with E-state index in [0.29, 0.717) is 0 Å². The predicted molar refractivity (Wildman–Crippen MR) is 106 cm³/mol. The van der Waals surface area contributed by atoms with E-state index in [4.69, 9.17) is 0 Å². The SMILES string of the molecule is CCN(CCNC(=NC)NCc1ccccc1Cn1cccn1)C1CC1. The molecule has 6 heteroatoms. The molecular weight excluding hydrogens is 324 g/mol. The fourth-order valence-electron chi connectivity index (χ4n) is 3.21. The molecular formula is C20H30N6. The Labute approximate surface area is 156 Å². The van der Waals surface area contributed by atoms with Crippen molar-refractivity contribution in [3.63, 3.8) is 0 Å². The van der Waals surface area contributed by atoms with Gasteiger partial charge in [0, 0.05) is 45.1 Å². The second-order valence-electron chi connectivity index (χ2n) is 6.68. The molecule has 1 fully saturated rings. The lowest BCUT2D eigenvalue weighted by molar-refractivity contribution is 0.282. The number of guanidine groups is 1. The highest BCUT2D eigenvalue weighted by Gasteiger charge is 2.27. The molecule has 0 radical (unpaired) electrons. The maximum absolute atomic E-state index is 4.35. The van der Waals surface area contributed by atoms with Crippen molar-refractivity contribution >= 4 is 5.96 Å². The van der Waals surface area contributed by atoms with E-state index in [2.05, 4.69) is 56.8 Å².